The van der Waals surface area contributed by atoms with Crippen molar-refractivity contribution in [1.82, 2.24) is 0 Å². The molecule has 13 heavy (non-hydrogen) atoms. The lowest BCUT2D eigenvalue weighted by Crippen LogP contribution is -1.94. The van der Waals surface area contributed by atoms with Crippen molar-refractivity contribution in [3.8, 4) is 5.75 Å². The van der Waals surface area contributed by atoms with Gasteiger partial charge in [-0.2, -0.15) is 0 Å². The molecule has 1 rings (SSSR count). The topological polar surface area (TPSA) is 52.4 Å². The maximum absolute atomic E-state index is 10.6. The molecule has 0 heterocycles. The molecule has 0 aliphatic heterocycles. The van der Waals surface area contributed by atoms with Crippen molar-refractivity contribution >= 4 is 37.5 Å². The van der Waals surface area contributed by atoms with Gasteiger partial charge in [-0.05, 0) is 22.0 Å². The number of halogens is 2. The number of rotatable bonds is 2. The van der Waals surface area contributed by atoms with Crippen molar-refractivity contribution < 1.29 is 9.66 Å². The number of ether oxygens (including phenoxy) is 1. The van der Waals surface area contributed by atoms with E-state index in [-0.39, 0.29) is 11.4 Å². The zero-order valence-corrected chi connectivity index (χ0v) is 9.75. The summed E-state index contributed by atoms with van der Waals surface area (Å²) in [5, 5.41) is 10.6. The van der Waals surface area contributed by atoms with Crippen molar-refractivity contribution in [2.75, 3.05) is 7.11 Å². The summed E-state index contributed by atoms with van der Waals surface area (Å²) in [7, 11) is 1.39. The van der Waals surface area contributed by atoms with Gasteiger partial charge in [0.2, 0.25) is 5.75 Å². The van der Waals surface area contributed by atoms with Gasteiger partial charge in [0, 0.05) is 10.5 Å². The summed E-state index contributed by atoms with van der Waals surface area (Å²) < 4.78 is 6.07. The van der Waals surface area contributed by atoms with Gasteiger partial charge in [-0.3, -0.25) is 10.1 Å². The van der Waals surface area contributed by atoms with Gasteiger partial charge in [0.1, 0.15) is 0 Å². The van der Waals surface area contributed by atoms with Gasteiger partial charge in [0.25, 0.3) is 0 Å². The van der Waals surface area contributed by atoms with Crippen LogP contribution in [0.4, 0.5) is 5.69 Å². The minimum Gasteiger partial charge on any atom is -0.489 e. The summed E-state index contributed by atoms with van der Waals surface area (Å²) >= 11 is 6.32. The van der Waals surface area contributed by atoms with Crippen molar-refractivity contribution in [3.05, 3.63) is 31.2 Å². The van der Waals surface area contributed by atoms with Crippen LogP contribution in [-0.2, 0) is 0 Å². The van der Waals surface area contributed by atoms with E-state index < -0.39 is 4.92 Å². The highest BCUT2D eigenvalue weighted by Gasteiger charge is 2.18. The predicted octanol–water partition coefficient (Wildman–Crippen LogP) is 3.13. The Morgan fingerprint density at radius 3 is 2.54 bits per heavy atom. The largest absolute Gasteiger partial charge is 0.489 e. The lowest BCUT2D eigenvalue weighted by molar-refractivity contribution is -0.385. The van der Waals surface area contributed by atoms with Crippen molar-refractivity contribution in [1.29, 1.82) is 0 Å². The average molecular weight is 311 g/mol. The zero-order valence-electron chi connectivity index (χ0n) is 6.58. The molecule has 6 heteroatoms. The third-order valence-electron chi connectivity index (χ3n) is 1.39. The fourth-order valence-electron chi connectivity index (χ4n) is 0.884. The van der Waals surface area contributed by atoms with Gasteiger partial charge < -0.3 is 4.74 Å². The Labute approximate surface area is 91.3 Å². The minimum atomic E-state index is -0.492. The number of nitrogens with zero attached hydrogens (tertiary/aromatic N) is 1. The van der Waals surface area contributed by atoms with Gasteiger partial charge in [-0.1, -0.05) is 15.9 Å². The highest BCUT2D eigenvalue weighted by Crippen LogP contribution is 2.37. The second-order valence-electron chi connectivity index (χ2n) is 2.20. The Bertz CT molecular complexity index is 354. The fourth-order valence-corrected chi connectivity index (χ4v) is 2.25. The molecule has 0 aliphatic rings. The predicted molar refractivity (Wildman–Crippen MR) is 55.0 cm³/mol. The molecule has 0 unspecified atom stereocenters. The molecule has 4 nitrogen and oxygen atoms in total. The van der Waals surface area contributed by atoms with E-state index in [1.54, 1.807) is 6.07 Å². The van der Waals surface area contributed by atoms with Gasteiger partial charge in [-0.15, -0.1) is 0 Å². The summed E-state index contributed by atoms with van der Waals surface area (Å²) in [6, 6.07) is 3.08. The van der Waals surface area contributed by atoms with E-state index in [9.17, 15) is 10.1 Å². The van der Waals surface area contributed by atoms with Crippen LogP contribution < -0.4 is 4.74 Å². The van der Waals surface area contributed by atoms with Crippen LogP contribution in [0.3, 0.4) is 0 Å². The molecule has 0 amide bonds. The number of hydrogen-bond acceptors (Lipinski definition) is 3. The summed E-state index contributed by atoms with van der Waals surface area (Å²) in [5.74, 6) is 0.230. The highest BCUT2D eigenvalue weighted by molar-refractivity contribution is 9.11. The van der Waals surface area contributed by atoms with Gasteiger partial charge in [0.15, 0.2) is 0 Å². The van der Waals surface area contributed by atoms with E-state index in [0.29, 0.717) is 8.95 Å². The number of benzene rings is 1. The maximum atomic E-state index is 10.6. The first-order chi connectivity index (χ1) is 6.06. The summed E-state index contributed by atoms with van der Waals surface area (Å²) in [6.07, 6.45) is 0. The Kier molecular flexibility index (Phi) is 3.27. The molecule has 0 bridgehead atoms. The van der Waals surface area contributed by atoms with Crippen molar-refractivity contribution in [2.24, 2.45) is 0 Å². The molecular formula is C7H5Br2NO3. The van der Waals surface area contributed by atoms with Crippen LogP contribution in [0, 0.1) is 10.1 Å². The van der Waals surface area contributed by atoms with E-state index >= 15 is 0 Å². The zero-order chi connectivity index (χ0) is 10.0. The first-order valence-corrected chi connectivity index (χ1v) is 4.82. The lowest BCUT2D eigenvalue weighted by atomic mass is 10.3. The molecule has 0 radical (unpaired) electrons. The molecular weight excluding hydrogens is 306 g/mol. The second-order valence-corrected chi connectivity index (χ2v) is 3.97. The minimum absolute atomic E-state index is 0.0660. The van der Waals surface area contributed by atoms with Crippen LogP contribution in [0.5, 0.6) is 5.75 Å². The number of hydrogen-bond donors (Lipinski definition) is 0. The monoisotopic (exact) mass is 309 g/mol. The summed E-state index contributed by atoms with van der Waals surface area (Å²) in [4.78, 5) is 10.1. The van der Waals surface area contributed by atoms with Crippen molar-refractivity contribution in [3.63, 3.8) is 0 Å². The highest BCUT2D eigenvalue weighted by atomic mass is 79.9. The van der Waals surface area contributed by atoms with Crippen LogP contribution in [-0.4, -0.2) is 12.0 Å². The number of nitro groups is 1. The van der Waals surface area contributed by atoms with E-state index in [1.807, 2.05) is 0 Å². The molecule has 0 saturated carbocycles. The first kappa shape index (κ1) is 10.5. The molecule has 0 aliphatic carbocycles. The molecule has 1 aromatic carbocycles. The molecule has 0 fully saturated rings. The molecule has 0 spiro atoms. The third kappa shape index (κ3) is 2.19. The number of nitro benzene ring substituents is 1. The van der Waals surface area contributed by atoms with Crippen molar-refractivity contribution in [2.45, 2.75) is 0 Å². The summed E-state index contributed by atoms with van der Waals surface area (Å²) in [6.45, 7) is 0. The van der Waals surface area contributed by atoms with Gasteiger partial charge in [0.05, 0.1) is 16.5 Å². The first-order valence-electron chi connectivity index (χ1n) is 3.23. The quantitative estimate of drug-likeness (QED) is 0.623. The second kappa shape index (κ2) is 4.06. The Morgan fingerprint density at radius 2 is 2.08 bits per heavy atom. The molecule has 1 aromatic rings. The standard InChI is InChI=1S/C7H5Br2NO3/c1-13-7-5(9)2-4(8)3-6(7)10(11)12/h2-3H,1H3. The Balaban J connectivity index is 3.38. The molecule has 0 aromatic heterocycles. The number of methoxy groups -OCH3 is 1. The average Bonchev–Trinajstić information content (AvgIpc) is 2.02. The molecule has 0 atom stereocenters. The molecule has 70 valence electrons. The SMILES string of the molecule is COc1c(Br)cc(Br)cc1[N+](=O)[O-]. The fraction of sp³-hybridized carbons (Fsp3) is 0.143. The Morgan fingerprint density at radius 1 is 1.46 bits per heavy atom. The van der Waals surface area contributed by atoms with E-state index in [4.69, 9.17) is 4.74 Å². The van der Waals surface area contributed by atoms with Crippen LogP contribution in [0.25, 0.3) is 0 Å². The summed E-state index contributed by atoms with van der Waals surface area (Å²) in [5.41, 5.74) is -0.0660. The lowest BCUT2D eigenvalue weighted by Gasteiger charge is -2.03. The van der Waals surface area contributed by atoms with Gasteiger partial charge >= 0.3 is 5.69 Å². The molecule has 0 N–H and O–H groups in total. The van der Waals surface area contributed by atoms with Crippen LogP contribution in [0.15, 0.2) is 21.1 Å². The van der Waals surface area contributed by atoms with Crippen LogP contribution >= 0.6 is 31.9 Å². The Hall–Kier alpha value is -0.620. The smallest absolute Gasteiger partial charge is 0.313 e. The van der Waals surface area contributed by atoms with Crippen LogP contribution in [0.1, 0.15) is 0 Å². The maximum Gasteiger partial charge on any atom is 0.313 e. The van der Waals surface area contributed by atoms with E-state index in [0.717, 1.165) is 0 Å². The van der Waals surface area contributed by atoms with E-state index in [2.05, 4.69) is 31.9 Å². The van der Waals surface area contributed by atoms with Gasteiger partial charge in [-0.25, -0.2) is 0 Å². The molecule has 0 saturated heterocycles. The third-order valence-corrected chi connectivity index (χ3v) is 2.44. The normalized spacial score (nSPS) is 9.77. The van der Waals surface area contributed by atoms with E-state index in [1.165, 1.54) is 13.2 Å². The van der Waals surface area contributed by atoms with Crippen LogP contribution in [0.2, 0.25) is 0 Å².